The molecule has 0 aliphatic heterocycles. The number of aryl methyl sites for hydroxylation is 1. The molecule has 1 amide bonds. The Labute approximate surface area is 125 Å². The summed E-state index contributed by atoms with van der Waals surface area (Å²) in [7, 11) is 0. The van der Waals surface area contributed by atoms with E-state index in [1.165, 1.54) is 0 Å². The molecule has 4 heteroatoms. The monoisotopic (exact) mass is 335 g/mol. The molecule has 0 aromatic heterocycles. The van der Waals surface area contributed by atoms with Crippen molar-refractivity contribution in [2.45, 2.75) is 11.8 Å². The highest BCUT2D eigenvalue weighted by molar-refractivity contribution is 9.10. The number of rotatable bonds is 3. The lowest BCUT2D eigenvalue weighted by Crippen LogP contribution is -2.13. The number of benzene rings is 2. The van der Waals surface area contributed by atoms with Crippen molar-refractivity contribution in [2.24, 2.45) is 0 Å². The van der Waals surface area contributed by atoms with Gasteiger partial charge in [-0.15, -0.1) is 11.8 Å². The lowest BCUT2D eigenvalue weighted by atomic mass is 10.2. The Bertz CT molecular complexity index is 613. The fourth-order valence-electron chi connectivity index (χ4n) is 1.77. The molecule has 0 spiro atoms. The minimum Gasteiger partial charge on any atom is -0.321 e. The molecule has 0 fully saturated rings. The van der Waals surface area contributed by atoms with Crippen LogP contribution in [0.2, 0.25) is 0 Å². The van der Waals surface area contributed by atoms with E-state index in [1.807, 2.05) is 55.6 Å². The number of amides is 1. The molecular formula is C15H14BrNOS. The quantitative estimate of drug-likeness (QED) is 0.821. The van der Waals surface area contributed by atoms with E-state index < -0.39 is 0 Å². The van der Waals surface area contributed by atoms with Gasteiger partial charge in [-0.05, 0) is 52.9 Å². The van der Waals surface area contributed by atoms with Gasteiger partial charge >= 0.3 is 0 Å². The third-order valence-electron chi connectivity index (χ3n) is 2.79. The molecule has 0 saturated heterocycles. The molecule has 0 saturated carbocycles. The summed E-state index contributed by atoms with van der Waals surface area (Å²) in [4.78, 5) is 13.3. The molecule has 0 unspecified atom stereocenters. The Morgan fingerprint density at radius 3 is 2.63 bits per heavy atom. The first-order valence-corrected chi connectivity index (χ1v) is 7.84. The molecule has 0 bridgehead atoms. The van der Waals surface area contributed by atoms with Crippen molar-refractivity contribution in [2.75, 3.05) is 11.6 Å². The fourth-order valence-corrected chi connectivity index (χ4v) is 2.72. The SMILES string of the molecule is CSc1ccccc1C(=O)Nc1cccc(C)c1Br. The van der Waals surface area contributed by atoms with E-state index >= 15 is 0 Å². The Hall–Kier alpha value is -1.26. The van der Waals surface area contributed by atoms with Crippen molar-refractivity contribution in [1.29, 1.82) is 0 Å². The van der Waals surface area contributed by atoms with Crippen LogP contribution in [0.4, 0.5) is 5.69 Å². The second-order valence-corrected chi connectivity index (χ2v) is 5.73. The van der Waals surface area contributed by atoms with Crippen LogP contribution in [-0.4, -0.2) is 12.2 Å². The number of anilines is 1. The van der Waals surface area contributed by atoms with Crippen LogP contribution < -0.4 is 5.32 Å². The highest BCUT2D eigenvalue weighted by atomic mass is 79.9. The second-order valence-electron chi connectivity index (χ2n) is 4.09. The van der Waals surface area contributed by atoms with Gasteiger partial charge in [0.1, 0.15) is 0 Å². The largest absolute Gasteiger partial charge is 0.321 e. The number of carbonyl (C=O) groups excluding carboxylic acids is 1. The number of halogens is 1. The molecule has 0 aliphatic carbocycles. The van der Waals surface area contributed by atoms with Crippen molar-refractivity contribution in [3.05, 3.63) is 58.1 Å². The van der Waals surface area contributed by atoms with E-state index in [-0.39, 0.29) is 5.91 Å². The van der Waals surface area contributed by atoms with Crippen molar-refractivity contribution < 1.29 is 4.79 Å². The minimum absolute atomic E-state index is 0.0868. The summed E-state index contributed by atoms with van der Waals surface area (Å²) in [5, 5.41) is 2.94. The summed E-state index contributed by atoms with van der Waals surface area (Å²) in [6.45, 7) is 2.00. The van der Waals surface area contributed by atoms with Crippen LogP contribution in [0, 0.1) is 6.92 Å². The van der Waals surface area contributed by atoms with Crippen molar-refractivity contribution in [3.63, 3.8) is 0 Å². The average molecular weight is 336 g/mol. The molecule has 0 heterocycles. The number of thioether (sulfide) groups is 1. The predicted molar refractivity (Wildman–Crippen MR) is 85.1 cm³/mol. The zero-order valence-electron chi connectivity index (χ0n) is 10.7. The molecule has 0 atom stereocenters. The standard InChI is InChI=1S/C15H14BrNOS/c1-10-6-5-8-12(14(10)16)17-15(18)11-7-3-4-9-13(11)19-2/h3-9H,1-2H3,(H,17,18). The first-order chi connectivity index (χ1) is 9.13. The topological polar surface area (TPSA) is 29.1 Å². The van der Waals surface area contributed by atoms with Crippen molar-refractivity contribution >= 4 is 39.3 Å². The second kappa shape index (κ2) is 6.26. The van der Waals surface area contributed by atoms with Gasteiger partial charge in [0.2, 0.25) is 0 Å². The van der Waals surface area contributed by atoms with Gasteiger partial charge in [-0.2, -0.15) is 0 Å². The van der Waals surface area contributed by atoms with Crippen LogP contribution in [-0.2, 0) is 0 Å². The Morgan fingerprint density at radius 1 is 1.16 bits per heavy atom. The van der Waals surface area contributed by atoms with E-state index in [0.29, 0.717) is 5.56 Å². The summed E-state index contributed by atoms with van der Waals surface area (Å²) in [5.41, 5.74) is 2.58. The molecule has 98 valence electrons. The molecule has 2 rings (SSSR count). The molecule has 19 heavy (non-hydrogen) atoms. The van der Waals surface area contributed by atoms with Crippen LogP contribution in [0.25, 0.3) is 0 Å². The smallest absolute Gasteiger partial charge is 0.256 e. The van der Waals surface area contributed by atoms with Gasteiger partial charge in [-0.3, -0.25) is 4.79 Å². The van der Waals surface area contributed by atoms with Gasteiger partial charge in [-0.1, -0.05) is 24.3 Å². The maximum atomic E-state index is 12.3. The van der Waals surface area contributed by atoms with Crippen LogP contribution in [0.5, 0.6) is 0 Å². The van der Waals surface area contributed by atoms with Gasteiger partial charge in [0.05, 0.1) is 11.3 Å². The summed E-state index contributed by atoms with van der Waals surface area (Å²) in [5.74, 6) is -0.0868. The lowest BCUT2D eigenvalue weighted by molar-refractivity contribution is 0.102. The molecule has 0 aliphatic rings. The molecule has 0 radical (unpaired) electrons. The fraction of sp³-hybridized carbons (Fsp3) is 0.133. The molecular weight excluding hydrogens is 322 g/mol. The summed E-state index contributed by atoms with van der Waals surface area (Å²) in [6.07, 6.45) is 1.97. The average Bonchev–Trinajstić information content (AvgIpc) is 2.43. The first-order valence-electron chi connectivity index (χ1n) is 5.83. The van der Waals surface area contributed by atoms with E-state index in [9.17, 15) is 4.79 Å². The van der Waals surface area contributed by atoms with Gasteiger partial charge < -0.3 is 5.32 Å². The minimum atomic E-state index is -0.0868. The van der Waals surface area contributed by atoms with Gasteiger partial charge in [-0.25, -0.2) is 0 Å². The maximum absolute atomic E-state index is 12.3. The maximum Gasteiger partial charge on any atom is 0.256 e. The van der Waals surface area contributed by atoms with Crippen LogP contribution in [0.1, 0.15) is 15.9 Å². The molecule has 2 aromatic carbocycles. The Morgan fingerprint density at radius 2 is 1.89 bits per heavy atom. The molecule has 2 nitrogen and oxygen atoms in total. The highest BCUT2D eigenvalue weighted by Gasteiger charge is 2.12. The third-order valence-corrected chi connectivity index (χ3v) is 4.64. The van der Waals surface area contributed by atoms with E-state index in [1.54, 1.807) is 11.8 Å². The van der Waals surface area contributed by atoms with Crippen LogP contribution >= 0.6 is 27.7 Å². The van der Waals surface area contributed by atoms with Gasteiger partial charge in [0.15, 0.2) is 0 Å². The van der Waals surface area contributed by atoms with E-state index in [0.717, 1.165) is 20.6 Å². The number of carbonyl (C=O) groups is 1. The van der Waals surface area contributed by atoms with E-state index in [4.69, 9.17) is 0 Å². The van der Waals surface area contributed by atoms with Crippen LogP contribution in [0.3, 0.4) is 0 Å². The normalized spacial score (nSPS) is 10.3. The third kappa shape index (κ3) is 3.19. The number of nitrogens with one attached hydrogen (secondary N) is 1. The Kier molecular flexibility index (Phi) is 4.66. The van der Waals surface area contributed by atoms with Crippen molar-refractivity contribution in [1.82, 2.24) is 0 Å². The van der Waals surface area contributed by atoms with Gasteiger partial charge in [0, 0.05) is 9.37 Å². The zero-order chi connectivity index (χ0) is 13.8. The first kappa shape index (κ1) is 14.2. The predicted octanol–water partition coefficient (Wildman–Crippen LogP) is 4.73. The summed E-state index contributed by atoms with van der Waals surface area (Å²) >= 11 is 5.07. The molecule has 1 N–H and O–H groups in total. The zero-order valence-corrected chi connectivity index (χ0v) is 13.1. The van der Waals surface area contributed by atoms with Crippen LogP contribution in [0.15, 0.2) is 51.8 Å². The Balaban J connectivity index is 2.28. The highest BCUT2D eigenvalue weighted by Crippen LogP contribution is 2.27. The van der Waals surface area contributed by atoms with Crippen molar-refractivity contribution in [3.8, 4) is 0 Å². The summed E-state index contributed by atoms with van der Waals surface area (Å²) in [6, 6.07) is 13.4. The number of hydrogen-bond donors (Lipinski definition) is 1. The van der Waals surface area contributed by atoms with Gasteiger partial charge in [0.25, 0.3) is 5.91 Å². The van der Waals surface area contributed by atoms with E-state index in [2.05, 4.69) is 21.2 Å². The molecule has 2 aromatic rings. The lowest BCUT2D eigenvalue weighted by Gasteiger charge is -2.11. The number of hydrogen-bond acceptors (Lipinski definition) is 2. The summed E-state index contributed by atoms with van der Waals surface area (Å²) < 4.78 is 0.921.